The van der Waals surface area contributed by atoms with Crippen LogP contribution in [0, 0.1) is 0 Å². The molecule has 162 valence electrons. The van der Waals surface area contributed by atoms with Crippen molar-refractivity contribution in [3.63, 3.8) is 0 Å². The van der Waals surface area contributed by atoms with Gasteiger partial charge in [0.15, 0.2) is 0 Å². The third-order valence-electron chi connectivity index (χ3n) is 4.56. The molecule has 1 saturated heterocycles. The summed E-state index contributed by atoms with van der Waals surface area (Å²) in [6, 6.07) is 6.65. The fourth-order valence-corrected chi connectivity index (χ4v) is 3.08. The number of nitrogens with zero attached hydrogens (tertiary/aromatic N) is 2. The lowest BCUT2D eigenvalue weighted by molar-refractivity contribution is -0.183. The molecule has 2 N–H and O–H groups in total. The standard InChI is InChI=1S/C18H21F3N4O2.2ClH/c1-27-13-3-5-14-12(10-13)2-4-15(24-14)17(26)23-11-16(18(19,20)21)25-8-6-22-7-9-25;;/h2-5,10,16,22H,6-9,11H2,1H3,(H,23,26);2*1H. The highest BCUT2D eigenvalue weighted by atomic mass is 35.5. The Hall–Kier alpha value is -1.81. The molecule has 1 amide bonds. The van der Waals surface area contributed by atoms with Crippen molar-refractivity contribution in [3.05, 3.63) is 36.0 Å². The van der Waals surface area contributed by atoms with E-state index in [0.29, 0.717) is 24.4 Å². The molecule has 2 heterocycles. The van der Waals surface area contributed by atoms with Crippen molar-refractivity contribution in [2.75, 3.05) is 39.8 Å². The Kier molecular flexibility index (Phi) is 9.41. The molecule has 3 rings (SSSR count). The van der Waals surface area contributed by atoms with Gasteiger partial charge in [0.05, 0.1) is 12.6 Å². The summed E-state index contributed by atoms with van der Waals surface area (Å²) in [6.45, 7) is 1.06. The molecule has 0 bridgehead atoms. The van der Waals surface area contributed by atoms with Gasteiger partial charge in [-0.1, -0.05) is 6.07 Å². The van der Waals surface area contributed by atoms with Crippen LogP contribution in [0.2, 0.25) is 0 Å². The van der Waals surface area contributed by atoms with E-state index in [4.69, 9.17) is 4.74 Å². The van der Waals surface area contributed by atoms with Gasteiger partial charge in [0.2, 0.25) is 0 Å². The molecule has 1 fully saturated rings. The van der Waals surface area contributed by atoms with Crippen molar-refractivity contribution in [1.29, 1.82) is 0 Å². The maximum atomic E-state index is 13.4. The van der Waals surface area contributed by atoms with E-state index in [1.165, 1.54) is 11.0 Å². The molecular weight excluding hydrogens is 432 g/mol. The number of pyridine rings is 1. The second kappa shape index (κ2) is 10.8. The maximum Gasteiger partial charge on any atom is 0.405 e. The Morgan fingerprint density at radius 1 is 1.24 bits per heavy atom. The van der Waals surface area contributed by atoms with Crippen LogP contribution in [0.25, 0.3) is 10.9 Å². The molecule has 1 aliphatic rings. The largest absolute Gasteiger partial charge is 0.497 e. The molecule has 1 aromatic heterocycles. The minimum absolute atomic E-state index is 0. The number of rotatable bonds is 5. The smallest absolute Gasteiger partial charge is 0.405 e. The van der Waals surface area contributed by atoms with Crippen LogP contribution < -0.4 is 15.4 Å². The first kappa shape index (κ1) is 25.2. The van der Waals surface area contributed by atoms with Gasteiger partial charge in [0, 0.05) is 38.1 Å². The Morgan fingerprint density at radius 3 is 2.55 bits per heavy atom. The van der Waals surface area contributed by atoms with Crippen LogP contribution in [0.1, 0.15) is 10.5 Å². The SMILES string of the molecule is COc1ccc2nc(C(=O)NCC(N3CCNCC3)C(F)(F)F)ccc2c1.Cl.Cl. The molecule has 0 radical (unpaired) electrons. The summed E-state index contributed by atoms with van der Waals surface area (Å²) < 4.78 is 45.3. The Labute approximate surface area is 179 Å². The Balaban J connectivity index is 0.00000210. The second-order valence-corrected chi connectivity index (χ2v) is 6.31. The highest BCUT2D eigenvalue weighted by Gasteiger charge is 2.43. The van der Waals surface area contributed by atoms with Crippen molar-refractivity contribution in [3.8, 4) is 5.75 Å². The third-order valence-corrected chi connectivity index (χ3v) is 4.56. The van der Waals surface area contributed by atoms with Gasteiger partial charge in [-0.25, -0.2) is 4.98 Å². The molecule has 0 aliphatic carbocycles. The number of carbonyl (C=O) groups is 1. The molecule has 1 atom stereocenters. The van der Waals surface area contributed by atoms with Gasteiger partial charge in [-0.3, -0.25) is 9.69 Å². The van der Waals surface area contributed by atoms with Gasteiger partial charge in [-0.15, -0.1) is 24.8 Å². The van der Waals surface area contributed by atoms with Crippen LogP contribution in [0.15, 0.2) is 30.3 Å². The number of hydrogen-bond donors (Lipinski definition) is 2. The molecule has 11 heteroatoms. The van der Waals surface area contributed by atoms with Crippen molar-refractivity contribution in [2.24, 2.45) is 0 Å². The maximum absolute atomic E-state index is 13.4. The molecule has 6 nitrogen and oxygen atoms in total. The van der Waals surface area contributed by atoms with E-state index in [0.717, 1.165) is 5.39 Å². The van der Waals surface area contributed by atoms with Gasteiger partial charge in [0.1, 0.15) is 17.5 Å². The lowest BCUT2D eigenvalue weighted by atomic mass is 10.1. The van der Waals surface area contributed by atoms with Crippen LogP contribution in [-0.2, 0) is 0 Å². The fraction of sp³-hybridized carbons (Fsp3) is 0.444. The summed E-state index contributed by atoms with van der Waals surface area (Å²) in [7, 11) is 1.55. The quantitative estimate of drug-likeness (QED) is 0.726. The number of alkyl halides is 3. The molecule has 1 aliphatic heterocycles. The van der Waals surface area contributed by atoms with E-state index in [-0.39, 0.29) is 43.6 Å². The topological polar surface area (TPSA) is 66.5 Å². The van der Waals surface area contributed by atoms with Crippen LogP contribution in [-0.4, -0.2) is 67.8 Å². The van der Waals surface area contributed by atoms with Crippen LogP contribution in [0.3, 0.4) is 0 Å². The second-order valence-electron chi connectivity index (χ2n) is 6.31. The first-order valence-electron chi connectivity index (χ1n) is 8.63. The average Bonchev–Trinajstić information content (AvgIpc) is 2.67. The van der Waals surface area contributed by atoms with E-state index < -0.39 is 24.7 Å². The van der Waals surface area contributed by atoms with Gasteiger partial charge in [0.25, 0.3) is 5.91 Å². The zero-order valence-corrected chi connectivity index (χ0v) is 17.3. The van der Waals surface area contributed by atoms with Crippen molar-refractivity contribution in [1.82, 2.24) is 20.5 Å². The van der Waals surface area contributed by atoms with Crippen LogP contribution in [0.5, 0.6) is 5.75 Å². The monoisotopic (exact) mass is 454 g/mol. The number of carbonyl (C=O) groups excluding carboxylic acids is 1. The average molecular weight is 455 g/mol. The van der Waals surface area contributed by atoms with Crippen molar-refractivity contribution >= 4 is 41.6 Å². The van der Waals surface area contributed by atoms with Gasteiger partial charge < -0.3 is 15.4 Å². The van der Waals surface area contributed by atoms with E-state index in [1.807, 2.05) is 0 Å². The Morgan fingerprint density at radius 2 is 1.93 bits per heavy atom. The number of halogens is 5. The number of piperazine rings is 1. The number of benzene rings is 1. The molecule has 0 saturated carbocycles. The number of fused-ring (bicyclic) bond motifs is 1. The minimum atomic E-state index is -4.42. The number of amides is 1. The Bertz CT molecular complexity index is 817. The molecule has 1 aromatic carbocycles. The zero-order chi connectivity index (χ0) is 19.4. The normalized spacial score (nSPS) is 15.7. The number of hydrogen-bond acceptors (Lipinski definition) is 5. The summed E-state index contributed by atoms with van der Waals surface area (Å²) >= 11 is 0. The van der Waals surface area contributed by atoms with Gasteiger partial charge >= 0.3 is 6.18 Å². The summed E-state index contributed by atoms with van der Waals surface area (Å²) in [5.41, 5.74) is 0.645. The lowest BCUT2D eigenvalue weighted by Gasteiger charge is -2.35. The van der Waals surface area contributed by atoms with E-state index in [1.54, 1.807) is 31.4 Å². The first-order chi connectivity index (χ1) is 12.9. The van der Waals surface area contributed by atoms with Crippen LogP contribution in [0.4, 0.5) is 13.2 Å². The first-order valence-corrected chi connectivity index (χ1v) is 8.63. The van der Waals surface area contributed by atoms with Gasteiger partial charge in [-0.05, 0) is 24.3 Å². The van der Waals surface area contributed by atoms with Crippen molar-refractivity contribution < 1.29 is 22.7 Å². The van der Waals surface area contributed by atoms with E-state index in [2.05, 4.69) is 15.6 Å². The zero-order valence-electron chi connectivity index (χ0n) is 15.7. The van der Waals surface area contributed by atoms with E-state index >= 15 is 0 Å². The molecule has 1 unspecified atom stereocenters. The molecule has 2 aromatic rings. The fourth-order valence-electron chi connectivity index (χ4n) is 3.08. The van der Waals surface area contributed by atoms with E-state index in [9.17, 15) is 18.0 Å². The summed E-state index contributed by atoms with van der Waals surface area (Å²) in [4.78, 5) is 17.9. The van der Waals surface area contributed by atoms with Crippen LogP contribution >= 0.6 is 24.8 Å². The predicted molar refractivity (Wildman–Crippen MR) is 109 cm³/mol. The summed E-state index contributed by atoms with van der Waals surface area (Å²) in [5.74, 6) is 0.0302. The number of methoxy groups -OCH3 is 1. The summed E-state index contributed by atoms with van der Waals surface area (Å²) in [6.07, 6.45) is -4.42. The molecule has 29 heavy (non-hydrogen) atoms. The lowest BCUT2D eigenvalue weighted by Crippen LogP contribution is -2.57. The number of aromatic nitrogens is 1. The van der Waals surface area contributed by atoms with Crippen molar-refractivity contribution in [2.45, 2.75) is 12.2 Å². The van der Waals surface area contributed by atoms with Gasteiger partial charge in [-0.2, -0.15) is 13.2 Å². The highest BCUT2D eigenvalue weighted by Crippen LogP contribution is 2.25. The minimum Gasteiger partial charge on any atom is -0.497 e. The molecule has 0 spiro atoms. The highest BCUT2D eigenvalue weighted by molar-refractivity contribution is 5.95. The molecular formula is C18H23Cl2F3N4O2. The summed E-state index contributed by atoms with van der Waals surface area (Å²) in [5, 5.41) is 6.18. The predicted octanol–water partition coefficient (Wildman–Crippen LogP) is 2.65. The third kappa shape index (κ3) is 6.33. The number of nitrogens with one attached hydrogen (secondary N) is 2. The number of ether oxygens (including phenoxy) is 1.